The summed E-state index contributed by atoms with van der Waals surface area (Å²) in [5, 5.41) is 3.83. The Morgan fingerprint density at radius 3 is 2.39 bits per heavy atom. The Kier molecular flexibility index (Phi) is 2.40. The van der Waals surface area contributed by atoms with Crippen molar-refractivity contribution in [2.24, 2.45) is 5.16 Å². The van der Waals surface area contributed by atoms with Crippen molar-refractivity contribution in [3.05, 3.63) is 35.4 Å². The van der Waals surface area contributed by atoms with Crippen molar-refractivity contribution >= 4 is 17.5 Å². The predicted octanol–water partition coefficient (Wildman–Crippen LogP) is 1.45. The van der Waals surface area contributed by atoms with Gasteiger partial charge in [-0.1, -0.05) is 17.3 Å². The molecule has 3 rings (SSSR count). The van der Waals surface area contributed by atoms with E-state index in [1.54, 1.807) is 24.3 Å². The van der Waals surface area contributed by atoms with Gasteiger partial charge in [-0.05, 0) is 19.1 Å². The van der Waals surface area contributed by atoms with Crippen molar-refractivity contribution in [2.45, 2.75) is 19.4 Å². The summed E-state index contributed by atoms with van der Waals surface area (Å²) < 4.78 is 0. The molecule has 0 aromatic heterocycles. The summed E-state index contributed by atoms with van der Waals surface area (Å²) in [6.07, 6.45) is 0.445. The second kappa shape index (κ2) is 3.94. The molecule has 0 radical (unpaired) electrons. The molecule has 2 aliphatic heterocycles. The number of hydrogen-bond donors (Lipinski definition) is 0. The lowest BCUT2D eigenvalue weighted by molar-refractivity contribution is 0.0399. The molecule has 0 bridgehead atoms. The van der Waals surface area contributed by atoms with Gasteiger partial charge in [0.1, 0.15) is 0 Å². The molecule has 0 fully saturated rings. The molecule has 2 aliphatic rings. The van der Waals surface area contributed by atoms with Gasteiger partial charge in [0.25, 0.3) is 11.8 Å². The molecule has 0 N–H and O–H groups in total. The van der Waals surface area contributed by atoms with E-state index in [1.165, 1.54) is 4.90 Å². The number of oxime groups is 1. The molecule has 1 atom stereocenters. The number of rotatable bonds is 2. The minimum Gasteiger partial charge on any atom is -0.390 e. The maximum Gasteiger partial charge on any atom is 0.261 e. The molecule has 0 aliphatic carbocycles. The van der Waals surface area contributed by atoms with Crippen molar-refractivity contribution in [2.75, 3.05) is 6.54 Å². The number of fused-ring (bicyclic) bond motifs is 1. The molecule has 2 amide bonds. The monoisotopic (exact) mass is 244 g/mol. The smallest absolute Gasteiger partial charge is 0.261 e. The van der Waals surface area contributed by atoms with E-state index >= 15 is 0 Å². The van der Waals surface area contributed by atoms with Gasteiger partial charge in [0.05, 0.1) is 23.4 Å². The number of carbonyl (C=O) groups excluding carboxylic acids is 2. The molecule has 18 heavy (non-hydrogen) atoms. The van der Waals surface area contributed by atoms with Crippen LogP contribution in [-0.4, -0.2) is 35.1 Å². The maximum absolute atomic E-state index is 12.1. The van der Waals surface area contributed by atoms with Gasteiger partial charge in [-0.25, -0.2) is 0 Å². The van der Waals surface area contributed by atoms with Crippen LogP contribution in [0.25, 0.3) is 0 Å². The number of hydrogen-bond acceptors (Lipinski definition) is 4. The standard InChI is InChI=1S/C13H12N2O3/c1-8-6-9(18-14-8)7-15-12(16)10-4-2-3-5-11(10)13(15)17/h2-5,9H,6-7H2,1H3. The van der Waals surface area contributed by atoms with Crippen molar-refractivity contribution in [3.8, 4) is 0 Å². The Balaban J connectivity index is 1.80. The first kappa shape index (κ1) is 11.0. The first-order valence-electron chi connectivity index (χ1n) is 5.81. The Labute approximate surface area is 104 Å². The first-order valence-corrected chi connectivity index (χ1v) is 5.81. The lowest BCUT2D eigenvalue weighted by atomic mass is 10.1. The third-order valence-electron chi connectivity index (χ3n) is 3.15. The molecule has 0 spiro atoms. The highest BCUT2D eigenvalue weighted by atomic mass is 16.6. The maximum atomic E-state index is 12.1. The van der Waals surface area contributed by atoms with E-state index in [-0.39, 0.29) is 24.5 Å². The lowest BCUT2D eigenvalue weighted by Crippen LogP contribution is -2.36. The van der Waals surface area contributed by atoms with Crippen LogP contribution in [0.1, 0.15) is 34.1 Å². The van der Waals surface area contributed by atoms with Gasteiger partial charge in [0, 0.05) is 6.42 Å². The van der Waals surface area contributed by atoms with Crippen molar-refractivity contribution in [1.29, 1.82) is 0 Å². The lowest BCUT2D eigenvalue weighted by Gasteiger charge is -2.17. The zero-order valence-corrected chi connectivity index (χ0v) is 9.92. The second-order valence-corrected chi connectivity index (χ2v) is 4.52. The van der Waals surface area contributed by atoms with E-state index in [4.69, 9.17) is 4.84 Å². The minimum absolute atomic E-state index is 0.216. The van der Waals surface area contributed by atoms with E-state index < -0.39 is 0 Å². The molecule has 1 aromatic carbocycles. The Hall–Kier alpha value is -2.17. The van der Waals surface area contributed by atoms with Crippen molar-refractivity contribution in [1.82, 2.24) is 4.90 Å². The molecule has 0 saturated heterocycles. The zero-order chi connectivity index (χ0) is 12.7. The highest BCUT2D eigenvalue weighted by Gasteiger charge is 2.37. The number of nitrogens with zero attached hydrogens (tertiary/aromatic N) is 2. The van der Waals surface area contributed by atoms with Crippen molar-refractivity contribution in [3.63, 3.8) is 0 Å². The Morgan fingerprint density at radius 2 is 1.89 bits per heavy atom. The minimum atomic E-state index is -0.247. The number of carbonyl (C=O) groups is 2. The predicted molar refractivity (Wildman–Crippen MR) is 64.4 cm³/mol. The summed E-state index contributed by atoms with van der Waals surface area (Å²) in [6.45, 7) is 2.12. The number of imide groups is 1. The number of amides is 2. The van der Waals surface area contributed by atoms with Crippen LogP contribution < -0.4 is 0 Å². The van der Waals surface area contributed by atoms with E-state index in [0.717, 1.165) is 5.71 Å². The quantitative estimate of drug-likeness (QED) is 0.740. The van der Waals surface area contributed by atoms with Gasteiger partial charge < -0.3 is 4.84 Å². The fourth-order valence-corrected chi connectivity index (χ4v) is 2.28. The zero-order valence-electron chi connectivity index (χ0n) is 9.92. The molecule has 1 aromatic rings. The van der Waals surface area contributed by atoms with Crippen LogP contribution >= 0.6 is 0 Å². The highest BCUT2D eigenvalue weighted by Crippen LogP contribution is 2.24. The van der Waals surface area contributed by atoms with Crippen LogP contribution in [0.4, 0.5) is 0 Å². The fraction of sp³-hybridized carbons (Fsp3) is 0.308. The van der Waals surface area contributed by atoms with Crippen LogP contribution in [0.15, 0.2) is 29.4 Å². The summed E-state index contributed by atoms with van der Waals surface area (Å²) in [5.41, 5.74) is 1.83. The van der Waals surface area contributed by atoms with Gasteiger partial charge in [-0.15, -0.1) is 0 Å². The van der Waals surface area contributed by atoms with Gasteiger partial charge in [-0.3, -0.25) is 14.5 Å². The summed E-state index contributed by atoms with van der Waals surface area (Å²) in [4.78, 5) is 30.6. The fourth-order valence-electron chi connectivity index (χ4n) is 2.28. The van der Waals surface area contributed by atoms with E-state index in [2.05, 4.69) is 5.16 Å². The molecule has 5 nitrogen and oxygen atoms in total. The average Bonchev–Trinajstić information content (AvgIpc) is 2.88. The Bertz CT molecular complexity index is 530. The normalized spacial score (nSPS) is 21.9. The molecular weight excluding hydrogens is 232 g/mol. The first-order chi connectivity index (χ1) is 8.66. The average molecular weight is 244 g/mol. The molecule has 1 unspecified atom stereocenters. The van der Waals surface area contributed by atoms with Crippen LogP contribution in [0, 0.1) is 0 Å². The van der Waals surface area contributed by atoms with Crippen LogP contribution in [-0.2, 0) is 4.84 Å². The van der Waals surface area contributed by atoms with Gasteiger partial charge in [-0.2, -0.15) is 0 Å². The third kappa shape index (κ3) is 1.59. The summed E-state index contributed by atoms with van der Waals surface area (Å²) in [6, 6.07) is 6.86. The van der Waals surface area contributed by atoms with Gasteiger partial charge >= 0.3 is 0 Å². The largest absolute Gasteiger partial charge is 0.390 e. The van der Waals surface area contributed by atoms with Crippen LogP contribution in [0.3, 0.4) is 0 Å². The summed E-state index contributed by atoms with van der Waals surface area (Å²) in [7, 11) is 0. The van der Waals surface area contributed by atoms with Gasteiger partial charge in [0.2, 0.25) is 0 Å². The molecule has 0 saturated carbocycles. The summed E-state index contributed by atoms with van der Waals surface area (Å²) >= 11 is 0. The van der Waals surface area contributed by atoms with Crippen LogP contribution in [0.2, 0.25) is 0 Å². The molecule has 5 heteroatoms. The summed E-state index contributed by atoms with van der Waals surface area (Å²) in [5.74, 6) is -0.493. The third-order valence-corrected chi connectivity index (χ3v) is 3.15. The van der Waals surface area contributed by atoms with Crippen molar-refractivity contribution < 1.29 is 14.4 Å². The number of benzene rings is 1. The highest BCUT2D eigenvalue weighted by molar-refractivity contribution is 6.21. The van der Waals surface area contributed by atoms with E-state index in [9.17, 15) is 9.59 Å². The topological polar surface area (TPSA) is 59.0 Å². The van der Waals surface area contributed by atoms with Crippen LogP contribution in [0.5, 0.6) is 0 Å². The molecular formula is C13H12N2O3. The Morgan fingerprint density at radius 1 is 1.28 bits per heavy atom. The van der Waals surface area contributed by atoms with E-state index in [0.29, 0.717) is 17.5 Å². The van der Waals surface area contributed by atoms with E-state index in [1.807, 2.05) is 6.92 Å². The molecule has 92 valence electrons. The molecule has 2 heterocycles. The van der Waals surface area contributed by atoms with Gasteiger partial charge in [0.15, 0.2) is 6.10 Å². The SMILES string of the molecule is CC1=NOC(CN2C(=O)c3ccccc3C2=O)C1. The second-order valence-electron chi connectivity index (χ2n) is 4.52.